The number of ketones is 1. The van der Waals surface area contributed by atoms with E-state index in [9.17, 15) is 39.6 Å². The predicted octanol–water partition coefficient (Wildman–Crippen LogP) is 5.81. The van der Waals surface area contributed by atoms with E-state index in [-0.39, 0.29) is 30.5 Å². The zero-order chi connectivity index (χ0) is 25.3. The van der Waals surface area contributed by atoms with Crippen molar-refractivity contribution in [1.82, 2.24) is 4.72 Å². The van der Waals surface area contributed by atoms with Crippen molar-refractivity contribution in [1.29, 1.82) is 0 Å². The number of alkyl halides is 6. The highest BCUT2D eigenvalue weighted by Gasteiger charge is 2.49. The van der Waals surface area contributed by atoms with Crippen molar-refractivity contribution in [2.24, 2.45) is 29.6 Å². The number of carbonyl (C=O) groups is 1. The van der Waals surface area contributed by atoms with E-state index in [2.05, 4.69) is 4.72 Å². The molecule has 0 atom stereocenters. The highest BCUT2D eigenvalue weighted by atomic mass is 32.2. The number of carbonyl (C=O) groups excluding carboxylic acids is 1. The largest absolute Gasteiger partial charge is 0.416 e. The summed E-state index contributed by atoms with van der Waals surface area (Å²) < 4.78 is 107. The smallest absolute Gasteiger partial charge is 0.298 e. The maximum absolute atomic E-state index is 13.2. The van der Waals surface area contributed by atoms with Crippen LogP contribution in [0.1, 0.15) is 63.5 Å². The van der Waals surface area contributed by atoms with Gasteiger partial charge in [-0.25, -0.2) is 8.42 Å². The Balaban J connectivity index is 1.55. The van der Waals surface area contributed by atoms with Crippen molar-refractivity contribution >= 4 is 15.8 Å². The number of hydrogen-bond donors (Lipinski definition) is 1. The molecule has 0 aliphatic heterocycles. The summed E-state index contributed by atoms with van der Waals surface area (Å²) in [6.07, 6.45) is -4.77. The number of rotatable bonds is 6. The molecule has 4 fully saturated rings. The van der Waals surface area contributed by atoms with Gasteiger partial charge in [-0.15, -0.1) is 0 Å². The minimum atomic E-state index is -5.18. The molecule has 1 aromatic carbocycles. The van der Waals surface area contributed by atoms with Crippen LogP contribution in [0.15, 0.2) is 23.1 Å². The van der Waals surface area contributed by atoms with Gasteiger partial charge in [0.25, 0.3) is 0 Å². The van der Waals surface area contributed by atoms with Crippen LogP contribution in [0.3, 0.4) is 0 Å². The van der Waals surface area contributed by atoms with Crippen LogP contribution in [0.5, 0.6) is 0 Å². The topological polar surface area (TPSA) is 63.2 Å². The summed E-state index contributed by atoms with van der Waals surface area (Å²) in [5, 5.41) is 0. The molecular formula is C23H27F6NO3S. The van der Waals surface area contributed by atoms with E-state index in [1.807, 2.05) is 0 Å². The van der Waals surface area contributed by atoms with Crippen molar-refractivity contribution in [2.75, 3.05) is 0 Å². The summed E-state index contributed by atoms with van der Waals surface area (Å²) in [6, 6.07) is 0.160. The summed E-state index contributed by atoms with van der Waals surface area (Å²) in [5.41, 5.74) is -5.17. The number of Topliss-reactive ketones (excluding diaryl/α,β-unsaturated/α-hetero) is 1. The first-order chi connectivity index (χ1) is 15.5. The fraction of sp³-hybridized carbons (Fsp3) is 0.696. The van der Waals surface area contributed by atoms with Gasteiger partial charge < -0.3 is 0 Å². The Labute approximate surface area is 194 Å². The molecule has 4 aliphatic carbocycles. The van der Waals surface area contributed by atoms with Crippen LogP contribution in [0.4, 0.5) is 26.3 Å². The third-order valence-corrected chi connectivity index (χ3v) is 9.44. The standard InChI is InChI=1S/C23H27F6NO3S/c1-21(2,20(31)11-19-14-4-12-3-13(6-14)7-15(19)5-12)30-34(32,33)18-9-16(22(24,25)26)8-17(10-18)23(27,28)29/h8-10,12-15,19,30H,3-7,11H2,1-2H3. The van der Waals surface area contributed by atoms with Crippen LogP contribution in [-0.4, -0.2) is 19.7 Å². The lowest BCUT2D eigenvalue weighted by Crippen LogP contribution is -2.52. The molecule has 0 spiro atoms. The zero-order valence-electron chi connectivity index (χ0n) is 18.8. The molecule has 4 saturated carbocycles. The van der Waals surface area contributed by atoms with Crippen molar-refractivity contribution < 1.29 is 39.6 Å². The molecule has 1 N–H and O–H groups in total. The Kier molecular flexibility index (Phi) is 6.15. The van der Waals surface area contributed by atoms with Gasteiger partial charge in [0.15, 0.2) is 5.78 Å². The second-order valence-electron chi connectivity index (χ2n) is 10.7. The fourth-order valence-electron chi connectivity index (χ4n) is 6.37. The van der Waals surface area contributed by atoms with Crippen molar-refractivity contribution in [3.63, 3.8) is 0 Å². The molecule has 4 aliphatic rings. The summed E-state index contributed by atoms with van der Waals surface area (Å²) in [7, 11) is -4.86. The number of benzene rings is 1. The van der Waals surface area contributed by atoms with Gasteiger partial charge in [0.2, 0.25) is 10.0 Å². The number of halogens is 6. The third-order valence-electron chi connectivity index (χ3n) is 7.80. The van der Waals surface area contributed by atoms with E-state index < -0.39 is 49.7 Å². The number of nitrogens with one attached hydrogen (secondary N) is 1. The van der Waals surface area contributed by atoms with Gasteiger partial charge in [-0.1, -0.05) is 0 Å². The highest BCUT2D eigenvalue weighted by molar-refractivity contribution is 7.89. The quantitative estimate of drug-likeness (QED) is 0.490. The van der Waals surface area contributed by atoms with E-state index in [0.29, 0.717) is 23.7 Å². The Hall–Kier alpha value is -1.62. The predicted molar refractivity (Wildman–Crippen MR) is 111 cm³/mol. The van der Waals surface area contributed by atoms with Crippen molar-refractivity contribution in [3.05, 3.63) is 29.3 Å². The van der Waals surface area contributed by atoms with Crippen LogP contribution in [0.25, 0.3) is 0 Å². The van der Waals surface area contributed by atoms with E-state index in [1.165, 1.54) is 20.3 Å². The van der Waals surface area contributed by atoms with Crippen LogP contribution in [-0.2, 0) is 27.2 Å². The second-order valence-corrected chi connectivity index (χ2v) is 12.4. The Morgan fingerprint density at radius 3 is 1.71 bits per heavy atom. The maximum atomic E-state index is 13.2. The van der Waals surface area contributed by atoms with E-state index in [0.717, 1.165) is 25.7 Å². The van der Waals surface area contributed by atoms with Gasteiger partial charge in [-0.3, -0.25) is 4.79 Å². The molecule has 34 heavy (non-hydrogen) atoms. The molecule has 190 valence electrons. The van der Waals surface area contributed by atoms with Crippen LogP contribution in [0.2, 0.25) is 0 Å². The van der Waals surface area contributed by atoms with E-state index in [1.54, 1.807) is 0 Å². The molecule has 0 unspecified atom stereocenters. The minimum Gasteiger partial charge on any atom is -0.298 e. The first-order valence-electron chi connectivity index (χ1n) is 11.3. The molecule has 0 heterocycles. The van der Waals surface area contributed by atoms with Crippen molar-refractivity contribution in [3.8, 4) is 0 Å². The van der Waals surface area contributed by atoms with Gasteiger partial charge in [0.1, 0.15) is 0 Å². The molecule has 4 nitrogen and oxygen atoms in total. The summed E-state index contributed by atoms with van der Waals surface area (Å²) in [6.45, 7) is 2.59. The molecule has 5 rings (SSSR count). The Morgan fingerprint density at radius 2 is 1.29 bits per heavy atom. The summed E-state index contributed by atoms with van der Waals surface area (Å²) in [5.74, 6) is 1.90. The summed E-state index contributed by atoms with van der Waals surface area (Å²) >= 11 is 0. The molecule has 1 aromatic rings. The fourth-order valence-corrected chi connectivity index (χ4v) is 7.84. The van der Waals surface area contributed by atoms with Gasteiger partial charge in [-0.2, -0.15) is 31.1 Å². The molecule has 0 amide bonds. The third kappa shape index (κ3) is 5.01. The zero-order valence-corrected chi connectivity index (χ0v) is 19.6. The lowest BCUT2D eigenvalue weighted by Gasteiger charge is -2.54. The highest BCUT2D eigenvalue weighted by Crippen LogP contribution is 2.57. The summed E-state index contributed by atoms with van der Waals surface area (Å²) in [4.78, 5) is 11.9. The molecule has 0 radical (unpaired) electrons. The molecule has 0 saturated heterocycles. The first-order valence-corrected chi connectivity index (χ1v) is 12.8. The number of hydrogen-bond acceptors (Lipinski definition) is 3. The molecular weight excluding hydrogens is 484 g/mol. The second kappa shape index (κ2) is 8.21. The van der Waals surface area contributed by atoms with Gasteiger partial charge in [0, 0.05) is 6.42 Å². The molecule has 0 aromatic heterocycles. The van der Waals surface area contributed by atoms with Crippen LogP contribution < -0.4 is 4.72 Å². The van der Waals surface area contributed by atoms with Crippen LogP contribution >= 0.6 is 0 Å². The lowest BCUT2D eigenvalue weighted by molar-refractivity contribution is -0.143. The van der Waals surface area contributed by atoms with Gasteiger partial charge in [-0.05, 0) is 93.7 Å². The molecule has 11 heteroatoms. The van der Waals surface area contributed by atoms with E-state index >= 15 is 0 Å². The maximum Gasteiger partial charge on any atom is 0.416 e. The average Bonchev–Trinajstić information content (AvgIpc) is 2.67. The van der Waals surface area contributed by atoms with Crippen molar-refractivity contribution in [2.45, 2.75) is 75.2 Å². The van der Waals surface area contributed by atoms with Crippen LogP contribution in [0, 0.1) is 29.6 Å². The first kappa shape index (κ1) is 25.5. The Morgan fingerprint density at radius 1 is 0.853 bits per heavy atom. The van der Waals surface area contributed by atoms with Gasteiger partial charge >= 0.3 is 12.4 Å². The average molecular weight is 512 g/mol. The lowest BCUT2D eigenvalue weighted by atomic mass is 9.51. The monoisotopic (exact) mass is 511 g/mol. The minimum absolute atomic E-state index is 0.134. The SMILES string of the molecule is CC(C)(NS(=O)(=O)c1cc(C(F)(F)F)cc(C(F)(F)F)c1)C(=O)CC1C2CC3CC(C2)CC1C3. The number of sulfonamides is 1. The molecule has 4 bridgehead atoms. The van der Waals surface area contributed by atoms with E-state index in [4.69, 9.17) is 0 Å². The Bertz CT molecular complexity index is 1020. The normalized spacial score (nSPS) is 29.5. The van der Waals surface area contributed by atoms with Gasteiger partial charge in [0.05, 0.1) is 21.6 Å².